The van der Waals surface area contributed by atoms with E-state index in [0.717, 1.165) is 25.9 Å². The van der Waals surface area contributed by atoms with Gasteiger partial charge in [-0.1, -0.05) is 12.8 Å². The van der Waals surface area contributed by atoms with Crippen LogP contribution in [-0.2, 0) is 10.0 Å². The Bertz CT molecular complexity index is 284. The smallest absolute Gasteiger partial charge is 0.211 e. The molecule has 0 bridgehead atoms. The van der Waals surface area contributed by atoms with E-state index in [1.807, 2.05) is 0 Å². The fourth-order valence-corrected chi connectivity index (χ4v) is 3.27. The fraction of sp³-hybridized carbons (Fsp3) is 1.00. The molecule has 1 heterocycles. The van der Waals surface area contributed by atoms with Crippen LogP contribution < -0.4 is 10.0 Å². The summed E-state index contributed by atoms with van der Waals surface area (Å²) in [6, 6.07) is 0.124. The topological polar surface area (TPSA) is 58.2 Å². The van der Waals surface area contributed by atoms with E-state index < -0.39 is 10.0 Å². The first-order valence-electron chi connectivity index (χ1n) is 5.36. The zero-order valence-corrected chi connectivity index (χ0v) is 10.4. The summed E-state index contributed by atoms with van der Waals surface area (Å²) in [6.07, 6.45) is 4.21. The average molecular weight is 255 g/mol. The van der Waals surface area contributed by atoms with Crippen LogP contribution >= 0.6 is 12.4 Å². The van der Waals surface area contributed by atoms with Crippen molar-refractivity contribution in [2.45, 2.75) is 31.7 Å². The maximum atomic E-state index is 11.6. The van der Waals surface area contributed by atoms with Gasteiger partial charge in [0.25, 0.3) is 0 Å². The molecular weight excluding hydrogens is 236 g/mol. The molecule has 0 aromatic carbocycles. The highest BCUT2D eigenvalue weighted by molar-refractivity contribution is 7.89. The van der Waals surface area contributed by atoms with Crippen molar-refractivity contribution in [3.63, 3.8) is 0 Å². The van der Waals surface area contributed by atoms with Crippen LogP contribution in [-0.4, -0.2) is 33.3 Å². The maximum Gasteiger partial charge on any atom is 0.211 e. The lowest BCUT2D eigenvalue weighted by Gasteiger charge is -2.11. The largest absolute Gasteiger partial charge is 0.315 e. The monoisotopic (exact) mass is 254 g/mol. The normalized spacial score (nSPS) is 26.3. The van der Waals surface area contributed by atoms with Crippen molar-refractivity contribution in [1.82, 2.24) is 10.0 Å². The molecule has 4 nitrogen and oxygen atoms in total. The average Bonchev–Trinajstić information content (AvgIpc) is 2.82. The Morgan fingerprint density at radius 3 is 2.53 bits per heavy atom. The fourth-order valence-electron chi connectivity index (χ4n) is 1.80. The highest BCUT2D eigenvalue weighted by Gasteiger charge is 2.26. The molecule has 0 spiro atoms. The Kier molecular flexibility index (Phi) is 4.83. The van der Waals surface area contributed by atoms with Gasteiger partial charge in [-0.25, -0.2) is 13.1 Å². The second-order valence-corrected chi connectivity index (χ2v) is 6.23. The van der Waals surface area contributed by atoms with Crippen LogP contribution in [0.5, 0.6) is 0 Å². The van der Waals surface area contributed by atoms with Crippen LogP contribution in [0, 0.1) is 5.92 Å². The van der Waals surface area contributed by atoms with Gasteiger partial charge in [0.1, 0.15) is 0 Å². The summed E-state index contributed by atoms with van der Waals surface area (Å²) in [7, 11) is -3.01. The third kappa shape index (κ3) is 4.68. The van der Waals surface area contributed by atoms with Crippen molar-refractivity contribution in [2.24, 2.45) is 5.92 Å². The van der Waals surface area contributed by atoms with Gasteiger partial charge in [-0.15, -0.1) is 12.4 Å². The van der Waals surface area contributed by atoms with Crippen LogP contribution in [0.25, 0.3) is 0 Å². The summed E-state index contributed by atoms with van der Waals surface area (Å²) in [5.74, 6) is 1.00. The third-order valence-corrected chi connectivity index (χ3v) is 4.36. The van der Waals surface area contributed by atoms with Crippen LogP contribution in [0.15, 0.2) is 0 Å². The standard InChI is InChI=1S/C9H18N2O2S.ClH/c12-14(13,6-4-8-1-2-8)11-9-3-5-10-7-9;/h8-11H,1-7H2;1H. The second kappa shape index (κ2) is 5.48. The minimum absolute atomic E-state index is 0. The van der Waals surface area contributed by atoms with E-state index in [2.05, 4.69) is 10.0 Å². The molecular formula is C9H19ClN2O2S. The van der Waals surface area contributed by atoms with Gasteiger partial charge >= 0.3 is 0 Å². The highest BCUT2D eigenvalue weighted by atomic mass is 35.5. The van der Waals surface area contributed by atoms with Crippen LogP contribution in [0.3, 0.4) is 0 Å². The lowest BCUT2D eigenvalue weighted by atomic mass is 10.3. The molecule has 0 radical (unpaired) electrons. The molecule has 1 atom stereocenters. The van der Waals surface area contributed by atoms with Gasteiger partial charge in [-0.3, -0.25) is 0 Å². The Labute approximate surface area is 97.7 Å². The number of sulfonamides is 1. The Morgan fingerprint density at radius 1 is 1.27 bits per heavy atom. The first-order chi connectivity index (χ1) is 6.66. The number of hydrogen-bond donors (Lipinski definition) is 2. The minimum Gasteiger partial charge on any atom is -0.315 e. The molecule has 2 N–H and O–H groups in total. The molecule has 90 valence electrons. The van der Waals surface area contributed by atoms with E-state index in [1.165, 1.54) is 12.8 Å². The SMILES string of the molecule is Cl.O=S(=O)(CCC1CC1)NC1CCNC1. The zero-order valence-electron chi connectivity index (χ0n) is 8.74. The Balaban J connectivity index is 0.00000112. The van der Waals surface area contributed by atoms with Gasteiger partial charge in [0, 0.05) is 12.6 Å². The predicted molar refractivity (Wildman–Crippen MR) is 62.8 cm³/mol. The van der Waals surface area contributed by atoms with Crippen LogP contribution in [0.1, 0.15) is 25.7 Å². The van der Waals surface area contributed by atoms with E-state index in [1.54, 1.807) is 0 Å². The summed E-state index contributed by atoms with van der Waals surface area (Å²) in [5, 5.41) is 3.15. The summed E-state index contributed by atoms with van der Waals surface area (Å²) < 4.78 is 25.9. The molecule has 2 aliphatic rings. The van der Waals surface area contributed by atoms with E-state index in [-0.39, 0.29) is 18.4 Å². The van der Waals surface area contributed by atoms with Crippen LogP contribution in [0.4, 0.5) is 0 Å². The lowest BCUT2D eigenvalue weighted by molar-refractivity contribution is 0.555. The Hall–Kier alpha value is 0.160. The molecule has 2 fully saturated rings. The molecule has 2 rings (SSSR count). The molecule has 0 aromatic rings. The van der Waals surface area contributed by atoms with Crippen molar-refractivity contribution in [2.75, 3.05) is 18.8 Å². The molecule has 1 aliphatic heterocycles. The lowest BCUT2D eigenvalue weighted by Crippen LogP contribution is -2.37. The van der Waals surface area contributed by atoms with Gasteiger partial charge in [0.2, 0.25) is 10.0 Å². The molecule has 1 saturated heterocycles. The third-order valence-electron chi connectivity index (χ3n) is 2.90. The minimum atomic E-state index is -3.01. The van der Waals surface area contributed by atoms with Crippen molar-refractivity contribution >= 4 is 22.4 Å². The van der Waals surface area contributed by atoms with Crippen LogP contribution in [0.2, 0.25) is 0 Å². The molecule has 1 aliphatic carbocycles. The van der Waals surface area contributed by atoms with E-state index in [9.17, 15) is 8.42 Å². The van der Waals surface area contributed by atoms with Gasteiger partial charge in [0.05, 0.1) is 5.75 Å². The Morgan fingerprint density at radius 2 is 2.00 bits per heavy atom. The highest BCUT2D eigenvalue weighted by Crippen LogP contribution is 2.32. The predicted octanol–water partition coefficient (Wildman–Crippen LogP) is 0.490. The first kappa shape index (κ1) is 13.2. The van der Waals surface area contributed by atoms with Gasteiger partial charge < -0.3 is 5.32 Å². The number of rotatable bonds is 5. The summed E-state index contributed by atoms with van der Waals surface area (Å²) in [5.41, 5.74) is 0. The van der Waals surface area contributed by atoms with Crippen molar-refractivity contribution in [3.8, 4) is 0 Å². The summed E-state index contributed by atoms with van der Waals surface area (Å²) in [4.78, 5) is 0. The van der Waals surface area contributed by atoms with Crippen molar-refractivity contribution in [1.29, 1.82) is 0 Å². The first-order valence-corrected chi connectivity index (χ1v) is 7.02. The molecule has 6 heteroatoms. The molecule has 1 unspecified atom stereocenters. The molecule has 0 aromatic heterocycles. The van der Waals surface area contributed by atoms with Gasteiger partial charge in [-0.05, 0) is 25.3 Å². The number of halogens is 1. The molecule has 0 amide bonds. The van der Waals surface area contributed by atoms with Gasteiger partial charge in [-0.2, -0.15) is 0 Å². The number of nitrogens with one attached hydrogen (secondary N) is 2. The van der Waals surface area contributed by atoms with Crippen molar-refractivity contribution < 1.29 is 8.42 Å². The molecule has 15 heavy (non-hydrogen) atoms. The van der Waals surface area contributed by atoms with E-state index >= 15 is 0 Å². The zero-order chi connectivity index (χ0) is 10.0. The van der Waals surface area contributed by atoms with Gasteiger partial charge in [0.15, 0.2) is 0 Å². The molecule has 1 saturated carbocycles. The summed E-state index contributed by atoms with van der Waals surface area (Å²) >= 11 is 0. The number of hydrogen-bond acceptors (Lipinski definition) is 3. The van der Waals surface area contributed by atoms with E-state index in [4.69, 9.17) is 0 Å². The maximum absolute atomic E-state index is 11.6. The second-order valence-electron chi connectivity index (χ2n) is 4.36. The summed E-state index contributed by atoms with van der Waals surface area (Å²) in [6.45, 7) is 1.71. The van der Waals surface area contributed by atoms with E-state index in [0.29, 0.717) is 11.7 Å². The van der Waals surface area contributed by atoms with Crippen molar-refractivity contribution in [3.05, 3.63) is 0 Å². The quantitative estimate of drug-likeness (QED) is 0.751.